The Balaban J connectivity index is 2.57. The Kier molecular flexibility index (Phi) is 5.12. The summed E-state index contributed by atoms with van der Waals surface area (Å²) in [4.78, 5) is 0. The smallest absolute Gasteiger partial charge is 0.390 e. The van der Waals surface area contributed by atoms with E-state index in [2.05, 4.69) is 5.32 Å². The number of anilines is 2. The largest absolute Gasteiger partial charge is 0.493 e. The van der Waals surface area contributed by atoms with Crippen molar-refractivity contribution >= 4 is 11.4 Å². The van der Waals surface area contributed by atoms with Gasteiger partial charge in [-0.3, -0.25) is 0 Å². The van der Waals surface area contributed by atoms with Crippen molar-refractivity contribution in [2.24, 2.45) is 0 Å². The van der Waals surface area contributed by atoms with E-state index in [-0.39, 0.29) is 6.54 Å². The van der Waals surface area contributed by atoms with Crippen molar-refractivity contribution in [1.82, 2.24) is 0 Å². The lowest BCUT2D eigenvalue weighted by Crippen LogP contribution is -2.14. The Hall–Kier alpha value is -1.59. The lowest BCUT2D eigenvalue weighted by Gasteiger charge is -2.12. The van der Waals surface area contributed by atoms with Gasteiger partial charge in [0.2, 0.25) is 0 Å². The highest BCUT2D eigenvalue weighted by molar-refractivity contribution is 5.59. The van der Waals surface area contributed by atoms with Gasteiger partial charge in [0.1, 0.15) is 5.75 Å². The van der Waals surface area contributed by atoms with Crippen molar-refractivity contribution in [2.45, 2.75) is 25.9 Å². The Morgan fingerprint density at radius 3 is 2.61 bits per heavy atom. The van der Waals surface area contributed by atoms with Crippen molar-refractivity contribution in [3.8, 4) is 5.75 Å². The SMILES string of the molecule is CCCOc1cc(N)cc(NCCC(F)(F)F)c1. The molecule has 0 aliphatic carbocycles. The van der Waals surface area contributed by atoms with Crippen LogP contribution in [0.1, 0.15) is 19.8 Å². The molecule has 0 saturated heterocycles. The maximum atomic E-state index is 12.0. The second kappa shape index (κ2) is 6.37. The van der Waals surface area contributed by atoms with Crippen LogP contribution in [0.25, 0.3) is 0 Å². The van der Waals surface area contributed by atoms with E-state index in [1.54, 1.807) is 18.2 Å². The first kappa shape index (κ1) is 14.5. The van der Waals surface area contributed by atoms with Crippen molar-refractivity contribution in [1.29, 1.82) is 0 Å². The molecule has 0 aliphatic rings. The minimum atomic E-state index is -4.16. The van der Waals surface area contributed by atoms with Gasteiger partial charge >= 0.3 is 6.18 Å². The summed E-state index contributed by atoms with van der Waals surface area (Å²) in [6, 6.07) is 4.86. The molecule has 1 rings (SSSR count). The maximum absolute atomic E-state index is 12.0. The minimum Gasteiger partial charge on any atom is -0.493 e. The first-order valence-corrected chi connectivity index (χ1v) is 5.74. The maximum Gasteiger partial charge on any atom is 0.390 e. The third-order valence-electron chi connectivity index (χ3n) is 2.14. The molecule has 0 heterocycles. The average Bonchev–Trinajstić information content (AvgIpc) is 2.24. The number of ether oxygens (including phenoxy) is 1. The summed E-state index contributed by atoms with van der Waals surface area (Å²) in [5, 5.41) is 2.68. The Morgan fingerprint density at radius 2 is 2.00 bits per heavy atom. The number of benzene rings is 1. The number of rotatable bonds is 6. The Bertz CT molecular complexity index is 380. The fourth-order valence-corrected chi connectivity index (χ4v) is 1.38. The highest BCUT2D eigenvalue weighted by atomic mass is 19.4. The zero-order valence-electron chi connectivity index (χ0n) is 10.2. The van der Waals surface area contributed by atoms with E-state index in [0.29, 0.717) is 23.7 Å². The zero-order valence-corrected chi connectivity index (χ0v) is 10.2. The molecule has 0 amide bonds. The summed E-state index contributed by atoms with van der Waals surface area (Å²) >= 11 is 0. The van der Waals surface area contributed by atoms with Gasteiger partial charge < -0.3 is 15.8 Å². The van der Waals surface area contributed by atoms with Crippen LogP contribution in [0.3, 0.4) is 0 Å². The van der Waals surface area contributed by atoms with Gasteiger partial charge in [-0.25, -0.2) is 0 Å². The molecule has 0 aromatic heterocycles. The van der Waals surface area contributed by atoms with Crippen LogP contribution in [0.4, 0.5) is 24.5 Å². The predicted molar refractivity (Wildman–Crippen MR) is 65.8 cm³/mol. The van der Waals surface area contributed by atoms with E-state index in [1.165, 1.54) is 0 Å². The third kappa shape index (κ3) is 5.65. The average molecular weight is 262 g/mol. The number of nitrogen functional groups attached to an aromatic ring is 1. The van der Waals surface area contributed by atoms with Crippen LogP contribution in [-0.2, 0) is 0 Å². The molecule has 0 radical (unpaired) electrons. The molecular weight excluding hydrogens is 245 g/mol. The minimum absolute atomic E-state index is 0.180. The molecule has 0 unspecified atom stereocenters. The lowest BCUT2D eigenvalue weighted by molar-refractivity contribution is -0.131. The highest BCUT2D eigenvalue weighted by Gasteiger charge is 2.26. The molecular formula is C12H17F3N2O. The van der Waals surface area contributed by atoms with Gasteiger partial charge in [0.05, 0.1) is 13.0 Å². The van der Waals surface area contributed by atoms with Crippen molar-refractivity contribution < 1.29 is 17.9 Å². The van der Waals surface area contributed by atoms with Crippen LogP contribution in [0.5, 0.6) is 5.75 Å². The summed E-state index contributed by atoms with van der Waals surface area (Å²) in [6.07, 6.45) is -4.19. The second-order valence-electron chi connectivity index (χ2n) is 3.93. The molecule has 102 valence electrons. The molecule has 0 atom stereocenters. The summed E-state index contributed by atoms with van der Waals surface area (Å²) in [6.45, 7) is 2.33. The Morgan fingerprint density at radius 1 is 1.28 bits per heavy atom. The van der Waals surface area contributed by atoms with Gasteiger partial charge in [-0.15, -0.1) is 0 Å². The molecule has 0 aliphatic heterocycles. The molecule has 0 fully saturated rings. The molecule has 6 heteroatoms. The van der Waals surface area contributed by atoms with Crippen LogP contribution >= 0.6 is 0 Å². The van der Waals surface area contributed by atoms with E-state index < -0.39 is 12.6 Å². The molecule has 0 bridgehead atoms. The molecule has 18 heavy (non-hydrogen) atoms. The molecule has 1 aromatic carbocycles. The first-order chi connectivity index (χ1) is 8.40. The normalized spacial score (nSPS) is 11.3. The van der Waals surface area contributed by atoms with Crippen molar-refractivity contribution in [3.05, 3.63) is 18.2 Å². The van der Waals surface area contributed by atoms with Gasteiger partial charge in [0, 0.05) is 30.1 Å². The molecule has 0 spiro atoms. The van der Waals surface area contributed by atoms with E-state index in [0.717, 1.165) is 6.42 Å². The van der Waals surface area contributed by atoms with Crippen molar-refractivity contribution in [2.75, 3.05) is 24.2 Å². The molecule has 0 saturated carbocycles. The molecule has 3 nitrogen and oxygen atoms in total. The topological polar surface area (TPSA) is 47.3 Å². The number of halogens is 3. The number of hydrogen-bond donors (Lipinski definition) is 2. The fraction of sp³-hybridized carbons (Fsp3) is 0.500. The van der Waals surface area contributed by atoms with Crippen LogP contribution in [0.15, 0.2) is 18.2 Å². The van der Waals surface area contributed by atoms with Gasteiger partial charge in [-0.2, -0.15) is 13.2 Å². The summed E-state index contributed by atoms with van der Waals surface area (Å²) < 4.78 is 41.4. The van der Waals surface area contributed by atoms with E-state index >= 15 is 0 Å². The van der Waals surface area contributed by atoms with Crippen LogP contribution < -0.4 is 15.8 Å². The highest BCUT2D eigenvalue weighted by Crippen LogP contribution is 2.24. The lowest BCUT2D eigenvalue weighted by atomic mass is 10.2. The first-order valence-electron chi connectivity index (χ1n) is 5.74. The molecule has 1 aromatic rings. The van der Waals surface area contributed by atoms with Gasteiger partial charge in [-0.05, 0) is 12.5 Å². The number of nitrogens with two attached hydrogens (primary N) is 1. The standard InChI is InChI=1S/C12H17F3N2O/c1-2-5-18-11-7-9(16)6-10(8-11)17-4-3-12(13,14)15/h6-8,17H,2-5,16H2,1H3. The van der Waals surface area contributed by atoms with Gasteiger partial charge in [0.15, 0.2) is 0 Å². The number of hydrogen-bond acceptors (Lipinski definition) is 3. The van der Waals surface area contributed by atoms with Crippen LogP contribution in [0, 0.1) is 0 Å². The number of nitrogens with one attached hydrogen (secondary N) is 1. The monoisotopic (exact) mass is 262 g/mol. The predicted octanol–water partition coefficient (Wildman–Crippen LogP) is 3.42. The van der Waals surface area contributed by atoms with E-state index in [1.807, 2.05) is 6.92 Å². The van der Waals surface area contributed by atoms with Gasteiger partial charge in [-0.1, -0.05) is 6.92 Å². The summed E-state index contributed by atoms with van der Waals surface area (Å²) in [7, 11) is 0. The van der Waals surface area contributed by atoms with E-state index in [9.17, 15) is 13.2 Å². The molecule has 3 N–H and O–H groups in total. The van der Waals surface area contributed by atoms with E-state index in [4.69, 9.17) is 10.5 Å². The second-order valence-corrected chi connectivity index (χ2v) is 3.93. The van der Waals surface area contributed by atoms with Crippen LogP contribution in [-0.4, -0.2) is 19.3 Å². The van der Waals surface area contributed by atoms with Gasteiger partial charge in [0.25, 0.3) is 0 Å². The summed E-state index contributed by atoms with van der Waals surface area (Å²) in [5.41, 5.74) is 6.64. The van der Waals surface area contributed by atoms with Crippen LogP contribution in [0.2, 0.25) is 0 Å². The summed E-state index contributed by atoms with van der Waals surface area (Å²) in [5.74, 6) is 0.561. The fourth-order valence-electron chi connectivity index (χ4n) is 1.38. The number of alkyl halides is 3. The third-order valence-corrected chi connectivity index (χ3v) is 2.14. The zero-order chi connectivity index (χ0) is 13.6. The Labute approximate surface area is 104 Å². The van der Waals surface area contributed by atoms with Crippen molar-refractivity contribution in [3.63, 3.8) is 0 Å². The quantitative estimate of drug-likeness (QED) is 0.772.